The minimum absolute atomic E-state index is 0.0922. The van der Waals surface area contributed by atoms with E-state index in [0.717, 1.165) is 21.3 Å². The maximum absolute atomic E-state index is 12.0. The molecule has 0 bridgehead atoms. The van der Waals surface area contributed by atoms with E-state index in [1.165, 1.54) is 6.21 Å². The van der Waals surface area contributed by atoms with Gasteiger partial charge in [0.1, 0.15) is 5.75 Å². The quantitative estimate of drug-likeness (QED) is 0.397. The molecule has 0 heterocycles. The van der Waals surface area contributed by atoms with E-state index in [9.17, 15) is 9.59 Å². The number of nitrogens with zero attached hydrogens (tertiary/aromatic N) is 1. The monoisotopic (exact) mass is 465 g/mol. The molecule has 0 aliphatic rings. The molecule has 6 nitrogen and oxygen atoms in total. The van der Waals surface area contributed by atoms with E-state index in [-0.39, 0.29) is 18.4 Å². The van der Waals surface area contributed by atoms with Crippen molar-refractivity contribution in [3.05, 3.63) is 94.0 Å². The molecule has 3 rings (SSSR count). The van der Waals surface area contributed by atoms with Gasteiger partial charge < -0.3 is 10.1 Å². The first-order chi connectivity index (χ1) is 14.5. The van der Waals surface area contributed by atoms with Crippen LogP contribution in [0.4, 0.5) is 5.69 Å². The highest BCUT2D eigenvalue weighted by Crippen LogP contribution is 2.14. The summed E-state index contributed by atoms with van der Waals surface area (Å²) >= 11 is 3.33. The summed E-state index contributed by atoms with van der Waals surface area (Å²) in [7, 11) is 0. The van der Waals surface area contributed by atoms with Crippen molar-refractivity contribution in [3.8, 4) is 5.75 Å². The Bertz CT molecular complexity index is 1050. The maximum Gasteiger partial charge on any atom is 0.271 e. The summed E-state index contributed by atoms with van der Waals surface area (Å²) in [4.78, 5) is 24.0. The zero-order valence-electron chi connectivity index (χ0n) is 16.3. The predicted octanol–water partition coefficient (Wildman–Crippen LogP) is 4.54. The van der Waals surface area contributed by atoms with Gasteiger partial charge in [-0.2, -0.15) is 5.10 Å². The van der Waals surface area contributed by atoms with Gasteiger partial charge in [0, 0.05) is 15.7 Å². The fourth-order valence-electron chi connectivity index (χ4n) is 2.53. The molecule has 3 aromatic carbocycles. The fraction of sp³-hybridized carbons (Fsp3) is 0.0870. The van der Waals surface area contributed by atoms with Gasteiger partial charge in [0.2, 0.25) is 0 Å². The number of hydrogen-bond donors (Lipinski definition) is 2. The Kier molecular flexibility index (Phi) is 7.34. The lowest BCUT2D eigenvalue weighted by Crippen LogP contribution is -2.20. The number of carbonyl (C=O) groups excluding carboxylic acids is 2. The number of hydrazone groups is 1. The number of benzene rings is 3. The summed E-state index contributed by atoms with van der Waals surface area (Å²) in [6.45, 7) is 1.84. The molecule has 0 saturated heterocycles. The van der Waals surface area contributed by atoms with Crippen molar-refractivity contribution in [1.82, 2.24) is 5.43 Å². The molecule has 3 aromatic rings. The lowest BCUT2D eigenvalue weighted by Gasteiger charge is -2.09. The number of rotatable bonds is 7. The minimum atomic E-state index is -0.293. The standard InChI is InChI=1S/C23H20BrN3O3/c1-16-4-2-3-5-21(16)26-22(28)15-30-20-12-6-17(7-13-20)14-25-27-23(29)18-8-10-19(24)11-9-18/h2-14H,15H2,1H3,(H,26,28)(H,27,29)/b25-14+. The smallest absolute Gasteiger partial charge is 0.271 e. The topological polar surface area (TPSA) is 79.8 Å². The molecule has 0 aliphatic carbocycles. The van der Waals surface area contributed by atoms with Crippen LogP contribution in [0, 0.1) is 6.92 Å². The van der Waals surface area contributed by atoms with Crippen molar-refractivity contribution in [3.63, 3.8) is 0 Å². The maximum atomic E-state index is 12.0. The number of halogens is 1. The molecule has 0 unspecified atom stereocenters. The van der Waals surface area contributed by atoms with Crippen LogP contribution in [0.3, 0.4) is 0 Å². The summed E-state index contributed by atoms with van der Waals surface area (Å²) < 4.78 is 6.42. The average molecular weight is 466 g/mol. The fourth-order valence-corrected chi connectivity index (χ4v) is 2.79. The molecule has 0 fully saturated rings. The van der Waals surface area contributed by atoms with Crippen LogP contribution in [0.2, 0.25) is 0 Å². The normalized spacial score (nSPS) is 10.6. The zero-order valence-corrected chi connectivity index (χ0v) is 17.8. The number of ether oxygens (including phenoxy) is 1. The van der Waals surface area contributed by atoms with Crippen LogP contribution >= 0.6 is 15.9 Å². The zero-order chi connectivity index (χ0) is 21.3. The lowest BCUT2D eigenvalue weighted by atomic mass is 10.2. The van der Waals surface area contributed by atoms with Crippen molar-refractivity contribution in [2.45, 2.75) is 6.92 Å². The van der Waals surface area contributed by atoms with E-state index in [4.69, 9.17) is 4.74 Å². The Balaban J connectivity index is 1.47. The van der Waals surface area contributed by atoms with Crippen LogP contribution in [0.15, 0.2) is 82.4 Å². The Labute approximate surface area is 183 Å². The van der Waals surface area contributed by atoms with Gasteiger partial charge >= 0.3 is 0 Å². The molecule has 0 atom stereocenters. The Morgan fingerprint density at radius 2 is 1.70 bits per heavy atom. The number of para-hydroxylation sites is 1. The molecule has 0 saturated carbocycles. The van der Waals surface area contributed by atoms with Crippen LogP contribution in [-0.4, -0.2) is 24.6 Å². The van der Waals surface area contributed by atoms with Crippen molar-refractivity contribution < 1.29 is 14.3 Å². The van der Waals surface area contributed by atoms with Crippen LogP contribution in [0.5, 0.6) is 5.75 Å². The third-order valence-corrected chi connectivity index (χ3v) is 4.68. The molecule has 2 N–H and O–H groups in total. The highest BCUT2D eigenvalue weighted by Gasteiger charge is 2.06. The van der Waals surface area contributed by atoms with Crippen LogP contribution in [-0.2, 0) is 4.79 Å². The van der Waals surface area contributed by atoms with Crippen molar-refractivity contribution in [1.29, 1.82) is 0 Å². The van der Waals surface area contributed by atoms with Gasteiger partial charge in [-0.25, -0.2) is 5.43 Å². The Morgan fingerprint density at radius 1 is 1.00 bits per heavy atom. The molecular formula is C23H20BrN3O3. The number of amides is 2. The Hall–Kier alpha value is -3.45. The third-order valence-electron chi connectivity index (χ3n) is 4.16. The second-order valence-corrected chi connectivity index (χ2v) is 7.34. The minimum Gasteiger partial charge on any atom is -0.484 e. The predicted molar refractivity (Wildman–Crippen MR) is 121 cm³/mol. The van der Waals surface area contributed by atoms with E-state index in [1.807, 2.05) is 31.2 Å². The second-order valence-electron chi connectivity index (χ2n) is 6.43. The lowest BCUT2D eigenvalue weighted by molar-refractivity contribution is -0.118. The first-order valence-corrected chi connectivity index (χ1v) is 9.98. The van der Waals surface area contributed by atoms with Gasteiger partial charge in [-0.05, 0) is 72.6 Å². The summed E-state index contributed by atoms with van der Waals surface area (Å²) in [5.74, 6) is 0.0370. The molecule has 30 heavy (non-hydrogen) atoms. The van der Waals surface area contributed by atoms with Gasteiger partial charge in [-0.15, -0.1) is 0 Å². The van der Waals surface area contributed by atoms with Gasteiger partial charge in [0.25, 0.3) is 11.8 Å². The average Bonchev–Trinajstić information content (AvgIpc) is 2.75. The Morgan fingerprint density at radius 3 is 2.40 bits per heavy atom. The highest BCUT2D eigenvalue weighted by atomic mass is 79.9. The largest absolute Gasteiger partial charge is 0.484 e. The molecule has 0 radical (unpaired) electrons. The molecule has 2 amide bonds. The molecule has 0 aliphatic heterocycles. The summed E-state index contributed by atoms with van der Waals surface area (Å²) in [6.07, 6.45) is 1.53. The van der Waals surface area contributed by atoms with Gasteiger partial charge in [0.15, 0.2) is 6.61 Å². The van der Waals surface area contributed by atoms with E-state index in [0.29, 0.717) is 11.3 Å². The first kappa shape index (κ1) is 21.3. The summed E-state index contributed by atoms with van der Waals surface area (Å²) in [6, 6.07) is 21.6. The van der Waals surface area contributed by atoms with E-state index in [1.54, 1.807) is 48.5 Å². The van der Waals surface area contributed by atoms with Gasteiger partial charge in [-0.1, -0.05) is 34.1 Å². The second kappa shape index (κ2) is 10.4. The van der Waals surface area contributed by atoms with Crippen molar-refractivity contribution in [2.24, 2.45) is 5.10 Å². The number of nitrogens with one attached hydrogen (secondary N) is 2. The van der Waals surface area contributed by atoms with E-state index < -0.39 is 0 Å². The summed E-state index contributed by atoms with van der Waals surface area (Å²) in [5.41, 5.74) is 5.53. The van der Waals surface area contributed by atoms with Gasteiger partial charge in [-0.3, -0.25) is 9.59 Å². The number of aryl methyl sites for hydroxylation is 1. The molecule has 0 spiro atoms. The summed E-state index contributed by atoms with van der Waals surface area (Å²) in [5, 5.41) is 6.78. The molecule has 7 heteroatoms. The molecule has 0 aromatic heterocycles. The highest BCUT2D eigenvalue weighted by molar-refractivity contribution is 9.10. The van der Waals surface area contributed by atoms with Gasteiger partial charge in [0.05, 0.1) is 6.21 Å². The SMILES string of the molecule is Cc1ccccc1NC(=O)COc1ccc(/C=N/NC(=O)c2ccc(Br)cc2)cc1. The van der Waals surface area contributed by atoms with Crippen molar-refractivity contribution in [2.75, 3.05) is 11.9 Å². The third kappa shape index (κ3) is 6.28. The van der Waals surface area contributed by atoms with Crippen LogP contribution < -0.4 is 15.5 Å². The molecular weight excluding hydrogens is 446 g/mol. The van der Waals surface area contributed by atoms with E-state index >= 15 is 0 Å². The molecule has 152 valence electrons. The van der Waals surface area contributed by atoms with Crippen LogP contribution in [0.25, 0.3) is 0 Å². The van der Waals surface area contributed by atoms with Crippen molar-refractivity contribution >= 4 is 39.6 Å². The first-order valence-electron chi connectivity index (χ1n) is 9.18. The number of hydrogen-bond acceptors (Lipinski definition) is 4. The number of anilines is 1. The van der Waals surface area contributed by atoms with Crippen LogP contribution in [0.1, 0.15) is 21.5 Å². The van der Waals surface area contributed by atoms with E-state index in [2.05, 4.69) is 31.8 Å². The number of carbonyl (C=O) groups is 2.